The van der Waals surface area contributed by atoms with Gasteiger partial charge in [0.2, 0.25) is 11.8 Å². The number of esters is 1. The number of hydrogen-bond acceptors (Lipinski definition) is 6. The first-order valence-corrected chi connectivity index (χ1v) is 22.2. The summed E-state index contributed by atoms with van der Waals surface area (Å²) in [4.78, 5) is 47.6. The molecule has 0 radical (unpaired) electrons. The third-order valence-corrected chi connectivity index (χ3v) is 9.92. The minimum atomic E-state index is -1.38. The molecule has 0 aromatic heterocycles. The Kier molecular flexibility index (Phi) is 38.0. The molecule has 0 aromatic carbocycles. The van der Waals surface area contributed by atoms with Gasteiger partial charge in [-0.3, -0.25) is 14.4 Å². The molecule has 0 heterocycles. The van der Waals surface area contributed by atoms with Crippen molar-refractivity contribution in [3.05, 3.63) is 24.3 Å². The van der Waals surface area contributed by atoms with Crippen LogP contribution < -0.4 is 10.6 Å². The van der Waals surface area contributed by atoms with Gasteiger partial charge in [-0.25, -0.2) is 4.79 Å². The number of ether oxygens (including phenoxy) is 1. The maximum Gasteiger partial charge on any atom is 0.328 e. The van der Waals surface area contributed by atoms with Crippen LogP contribution in [0.1, 0.15) is 213 Å². The van der Waals surface area contributed by atoms with Gasteiger partial charge < -0.3 is 25.6 Å². The summed E-state index contributed by atoms with van der Waals surface area (Å²) in [5.74, 6) is -2.31. The number of allylic oxidation sites excluding steroid dienone is 4. The maximum atomic E-state index is 12.8. The van der Waals surface area contributed by atoms with Gasteiger partial charge in [-0.1, -0.05) is 141 Å². The molecule has 54 heavy (non-hydrogen) atoms. The summed E-state index contributed by atoms with van der Waals surface area (Å²) in [6, 6.07) is -1.38. The number of amides is 2. The third kappa shape index (κ3) is 36.3. The molecular weight excluding hydrogens is 681 g/mol. The molecule has 0 saturated heterocycles. The SMILES string of the molecule is CCCC/C=C\CCCCCCCC(=O)OC(CCCCC/C=C\CCCCCCCCCC)CCCCCCCC(=O)NCC(=O)NC(CO)C(=O)O. The highest BCUT2D eigenvalue weighted by Gasteiger charge is 2.19. The Bertz CT molecular complexity index is 968. The molecule has 0 aliphatic rings. The fourth-order valence-electron chi connectivity index (χ4n) is 6.46. The van der Waals surface area contributed by atoms with Crippen molar-refractivity contribution in [3.8, 4) is 0 Å². The molecule has 0 bridgehead atoms. The molecule has 0 saturated carbocycles. The van der Waals surface area contributed by atoms with Crippen LogP contribution in [-0.4, -0.2) is 59.3 Å². The molecule has 2 unspecified atom stereocenters. The smallest absolute Gasteiger partial charge is 0.328 e. The van der Waals surface area contributed by atoms with Crippen LogP contribution in [0.15, 0.2) is 24.3 Å². The van der Waals surface area contributed by atoms with Crippen molar-refractivity contribution in [2.75, 3.05) is 13.2 Å². The second kappa shape index (κ2) is 40.0. The standard InChI is InChI=1S/C45H82N2O7/c1-3-5-7-9-11-13-15-16-17-18-20-21-23-26-30-34-40(54-44(51)37-33-29-24-22-19-14-12-10-8-6-4-2)35-31-27-25-28-32-36-42(49)46-38-43(50)47-41(39-48)45(52)53/h10,12,18,20,40-41,48H,3-9,11,13-17,19,21-39H2,1-2H3,(H,46,49)(H,47,50)(H,52,53)/b12-10-,20-18-. The van der Waals surface area contributed by atoms with Crippen LogP contribution in [0.4, 0.5) is 0 Å². The lowest BCUT2D eigenvalue weighted by molar-refractivity contribution is -0.150. The Morgan fingerprint density at radius 2 is 0.963 bits per heavy atom. The predicted octanol–water partition coefficient (Wildman–Crippen LogP) is 10.8. The summed E-state index contributed by atoms with van der Waals surface area (Å²) in [6.07, 6.45) is 43.4. The van der Waals surface area contributed by atoms with Crippen molar-refractivity contribution >= 4 is 23.8 Å². The molecular formula is C45H82N2O7. The third-order valence-electron chi connectivity index (χ3n) is 9.92. The van der Waals surface area contributed by atoms with Gasteiger partial charge in [0, 0.05) is 12.8 Å². The van der Waals surface area contributed by atoms with Gasteiger partial charge in [-0.2, -0.15) is 0 Å². The van der Waals surface area contributed by atoms with Crippen LogP contribution >= 0.6 is 0 Å². The first-order chi connectivity index (χ1) is 26.3. The Hall–Kier alpha value is -2.68. The number of aliphatic carboxylic acids is 1. The van der Waals surface area contributed by atoms with Crippen molar-refractivity contribution in [2.45, 2.75) is 225 Å². The second-order valence-corrected chi connectivity index (χ2v) is 15.1. The topological polar surface area (TPSA) is 142 Å². The highest BCUT2D eigenvalue weighted by molar-refractivity contribution is 5.87. The van der Waals surface area contributed by atoms with Crippen molar-refractivity contribution in [1.82, 2.24) is 10.6 Å². The van der Waals surface area contributed by atoms with Gasteiger partial charge in [-0.15, -0.1) is 0 Å². The van der Waals surface area contributed by atoms with Gasteiger partial charge in [0.1, 0.15) is 12.1 Å². The summed E-state index contributed by atoms with van der Waals surface area (Å²) in [5.41, 5.74) is 0. The fraction of sp³-hybridized carbons (Fsp3) is 0.822. The molecule has 0 aliphatic carbocycles. The fourth-order valence-corrected chi connectivity index (χ4v) is 6.46. The van der Waals surface area contributed by atoms with Crippen molar-refractivity contribution in [3.63, 3.8) is 0 Å². The Morgan fingerprint density at radius 1 is 0.537 bits per heavy atom. The highest BCUT2D eigenvalue weighted by Crippen LogP contribution is 2.18. The number of carboxylic acids is 1. The van der Waals surface area contributed by atoms with E-state index in [1.807, 2.05) is 0 Å². The molecule has 314 valence electrons. The molecule has 0 spiro atoms. The lowest BCUT2D eigenvalue weighted by atomic mass is 10.0. The number of aliphatic hydroxyl groups excluding tert-OH is 1. The van der Waals surface area contributed by atoms with Crippen molar-refractivity contribution in [1.29, 1.82) is 0 Å². The minimum absolute atomic E-state index is 0.0296. The summed E-state index contributed by atoms with van der Waals surface area (Å²) in [5, 5.41) is 22.6. The number of carbonyl (C=O) groups excluding carboxylic acids is 3. The van der Waals surface area contributed by atoms with Crippen molar-refractivity contribution < 1.29 is 34.1 Å². The normalized spacial score (nSPS) is 12.6. The lowest BCUT2D eigenvalue weighted by Crippen LogP contribution is -2.47. The molecule has 4 N–H and O–H groups in total. The highest BCUT2D eigenvalue weighted by atomic mass is 16.5. The minimum Gasteiger partial charge on any atom is -0.480 e. The summed E-state index contributed by atoms with van der Waals surface area (Å²) in [7, 11) is 0. The number of aliphatic hydroxyl groups is 1. The number of carbonyl (C=O) groups is 4. The van der Waals surface area contributed by atoms with Crippen LogP contribution in [0.25, 0.3) is 0 Å². The lowest BCUT2D eigenvalue weighted by Gasteiger charge is -2.18. The van der Waals surface area contributed by atoms with E-state index in [1.165, 1.54) is 103 Å². The quantitative estimate of drug-likeness (QED) is 0.0276. The molecule has 0 rings (SSSR count). The summed E-state index contributed by atoms with van der Waals surface area (Å²) < 4.78 is 6.02. The first kappa shape index (κ1) is 51.3. The molecule has 9 heteroatoms. The number of hydrogen-bond donors (Lipinski definition) is 4. The second-order valence-electron chi connectivity index (χ2n) is 15.1. The van der Waals surface area contributed by atoms with E-state index in [9.17, 15) is 19.2 Å². The zero-order valence-electron chi connectivity index (χ0n) is 34.7. The monoisotopic (exact) mass is 763 g/mol. The van der Waals surface area contributed by atoms with E-state index in [-0.39, 0.29) is 24.5 Å². The molecule has 9 nitrogen and oxygen atoms in total. The zero-order valence-corrected chi connectivity index (χ0v) is 34.7. The molecule has 0 aromatic rings. The van der Waals surface area contributed by atoms with E-state index in [4.69, 9.17) is 14.9 Å². The van der Waals surface area contributed by atoms with Crippen LogP contribution in [0.2, 0.25) is 0 Å². The molecule has 0 fully saturated rings. The molecule has 2 amide bonds. The van der Waals surface area contributed by atoms with Crippen LogP contribution in [0.5, 0.6) is 0 Å². The average molecular weight is 763 g/mol. The number of nitrogens with one attached hydrogen (secondary N) is 2. The first-order valence-electron chi connectivity index (χ1n) is 22.2. The van der Waals surface area contributed by atoms with E-state index < -0.39 is 24.5 Å². The van der Waals surface area contributed by atoms with Crippen LogP contribution in [-0.2, 0) is 23.9 Å². The zero-order chi connectivity index (χ0) is 39.7. The Morgan fingerprint density at radius 3 is 1.46 bits per heavy atom. The van der Waals surface area contributed by atoms with Gasteiger partial charge in [-0.05, 0) is 83.5 Å². The van der Waals surface area contributed by atoms with E-state index >= 15 is 0 Å². The maximum absolute atomic E-state index is 12.8. The Balaban J connectivity index is 4.35. The number of rotatable bonds is 40. The van der Waals surface area contributed by atoms with Crippen LogP contribution in [0.3, 0.4) is 0 Å². The van der Waals surface area contributed by atoms with Gasteiger partial charge in [0.25, 0.3) is 0 Å². The largest absolute Gasteiger partial charge is 0.480 e. The number of carboxylic acid groups (broad SMARTS) is 1. The van der Waals surface area contributed by atoms with E-state index in [0.29, 0.717) is 19.3 Å². The van der Waals surface area contributed by atoms with Gasteiger partial charge in [0.15, 0.2) is 0 Å². The van der Waals surface area contributed by atoms with Crippen LogP contribution in [0, 0.1) is 0 Å². The average Bonchev–Trinajstić information content (AvgIpc) is 3.15. The van der Waals surface area contributed by atoms with Gasteiger partial charge >= 0.3 is 11.9 Å². The predicted molar refractivity (Wildman–Crippen MR) is 222 cm³/mol. The van der Waals surface area contributed by atoms with E-state index in [1.54, 1.807) is 0 Å². The van der Waals surface area contributed by atoms with Crippen molar-refractivity contribution in [2.24, 2.45) is 0 Å². The molecule has 2 atom stereocenters. The summed E-state index contributed by atoms with van der Waals surface area (Å²) >= 11 is 0. The Labute approximate surface area is 330 Å². The van der Waals surface area contributed by atoms with E-state index in [0.717, 1.165) is 77.0 Å². The van der Waals surface area contributed by atoms with E-state index in [2.05, 4.69) is 48.8 Å². The van der Waals surface area contributed by atoms with Gasteiger partial charge in [0.05, 0.1) is 13.2 Å². The molecule has 0 aliphatic heterocycles. The summed E-state index contributed by atoms with van der Waals surface area (Å²) in [6.45, 7) is 3.45. The number of unbranched alkanes of at least 4 members (excludes halogenated alkanes) is 22.